The zero-order chi connectivity index (χ0) is 24.4. The summed E-state index contributed by atoms with van der Waals surface area (Å²) in [5.41, 5.74) is 4.43. The minimum absolute atomic E-state index is 0.355. The van der Waals surface area contributed by atoms with Crippen LogP contribution in [0.4, 0.5) is 16.0 Å². The Kier molecular flexibility index (Phi) is 6.21. The molecule has 0 saturated carbocycles. The molecule has 5 rings (SSSR count). The quantitative estimate of drug-likeness (QED) is 0.347. The third-order valence-electron chi connectivity index (χ3n) is 5.20. The number of anilines is 2. The van der Waals surface area contributed by atoms with Gasteiger partial charge >= 0.3 is 0 Å². The molecule has 10 heteroatoms. The molecule has 174 valence electrons. The third kappa shape index (κ3) is 5.18. The van der Waals surface area contributed by atoms with Crippen molar-refractivity contribution in [1.82, 2.24) is 29.7 Å². The summed E-state index contributed by atoms with van der Waals surface area (Å²) in [6.45, 7) is 1.93. The molecule has 3 heterocycles. The summed E-state index contributed by atoms with van der Waals surface area (Å²) in [6, 6.07) is 17.4. The Hall–Kier alpha value is -4.15. The highest BCUT2D eigenvalue weighted by molar-refractivity contribution is 7.90. The van der Waals surface area contributed by atoms with Crippen LogP contribution in [0.5, 0.6) is 0 Å². The van der Waals surface area contributed by atoms with Crippen LogP contribution in [0, 0.1) is 12.7 Å². The molecule has 0 aliphatic carbocycles. The SMILES string of the molecule is Cc1ccc(-c2ncn(-c3ccc(Nc4nccc(-c5cc(F)cc([S+](C)[O-])c5)n4)cc3)n2)cn1. The average molecular weight is 486 g/mol. The van der Waals surface area contributed by atoms with Crippen LogP contribution >= 0.6 is 0 Å². The number of rotatable bonds is 6. The maximum absolute atomic E-state index is 14.0. The molecule has 0 amide bonds. The van der Waals surface area contributed by atoms with Gasteiger partial charge in [0.05, 0.1) is 11.4 Å². The van der Waals surface area contributed by atoms with E-state index < -0.39 is 17.0 Å². The van der Waals surface area contributed by atoms with Gasteiger partial charge in [-0.15, -0.1) is 5.10 Å². The second-order valence-electron chi connectivity index (χ2n) is 7.77. The van der Waals surface area contributed by atoms with Crippen molar-refractivity contribution >= 4 is 22.8 Å². The predicted molar refractivity (Wildman–Crippen MR) is 132 cm³/mol. The van der Waals surface area contributed by atoms with Crippen LogP contribution in [0.1, 0.15) is 5.69 Å². The van der Waals surface area contributed by atoms with Gasteiger partial charge in [0.25, 0.3) is 0 Å². The van der Waals surface area contributed by atoms with E-state index in [0.29, 0.717) is 27.9 Å². The van der Waals surface area contributed by atoms with Gasteiger partial charge in [-0.25, -0.2) is 24.0 Å². The van der Waals surface area contributed by atoms with Crippen molar-refractivity contribution in [2.45, 2.75) is 11.8 Å². The van der Waals surface area contributed by atoms with Crippen LogP contribution < -0.4 is 5.32 Å². The predicted octanol–water partition coefficient (Wildman–Crippen LogP) is 4.71. The molecular weight excluding hydrogens is 465 g/mol. The summed E-state index contributed by atoms with van der Waals surface area (Å²) in [4.78, 5) is 17.8. The molecule has 1 unspecified atom stereocenters. The first-order chi connectivity index (χ1) is 16.9. The molecule has 8 nitrogen and oxygen atoms in total. The van der Waals surface area contributed by atoms with Gasteiger partial charge in [-0.1, -0.05) is 0 Å². The van der Waals surface area contributed by atoms with E-state index in [9.17, 15) is 8.94 Å². The summed E-state index contributed by atoms with van der Waals surface area (Å²) >= 11 is -1.30. The highest BCUT2D eigenvalue weighted by Gasteiger charge is 2.12. The van der Waals surface area contributed by atoms with Crippen molar-refractivity contribution in [2.24, 2.45) is 0 Å². The summed E-state index contributed by atoms with van der Waals surface area (Å²) in [5, 5.41) is 7.69. The fraction of sp³-hybridized carbons (Fsp3) is 0.0800. The smallest absolute Gasteiger partial charge is 0.227 e. The van der Waals surface area contributed by atoms with E-state index in [-0.39, 0.29) is 0 Å². The molecule has 1 N–H and O–H groups in total. The van der Waals surface area contributed by atoms with Gasteiger partial charge in [0, 0.05) is 47.0 Å². The standard InChI is InChI=1S/C25H20FN7OS/c1-16-3-4-17(14-28-16)24-29-15-33(32-24)21-7-5-20(6-8-21)30-25-27-10-9-23(31-25)18-11-19(26)13-22(12-18)35(2)34/h3-15H,1-2H3,(H,27,30,31). The van der Waals surface area contributed by atoms with Gasteiger partial charge in [-0.2, -0.15) is 0 Å². The van der Waals surface area contributed by atoms with E-state index in [1.165, 1.54) is 18.4 Å². The lowest BCUT2D eigenvalue weighted by atomic mass is 10.1. The Balaban J connectivity index is 1.33. The van der Waals surface area contributed by atoms with Crippen molar-refractivity contribution in [2.75, 3.05) is 11.6 Å². The average Bonchev–Trinajstić information content (AvgIpc) is 3.35. The van der Waals surface area contributed by atoms with E-state index in [2.05, 4.69) is 30.4 Å². The Morgan fingerprint density at radius 1 is 0.943 bits per heavy atom. The topological polar surface area (TPSA) is 104 Å². The lowest BCUT2D eigenvalue weighted by Crippen LogP contribution is -2.01. The fourth-order valence-corrected chi connectivity index (χ4v) is 3.97. The van der Waals surface area contributed by atoms with Gasteiger partial charge in [0.2, 0.25) is 5.95 Å². The van der Waals surface area contributed by atoms with E-state index >= 15 is 0 Å². The Labute approximate surface area is 204 Å². The molecular formula is C25H20FN7OS. The number of aromatic nitrogens is 6. The number of benzene rings is 2. The molecule has 3 aromatic heterocycles. The van der Waals surface area contributed by atoms with Crippen molar-refractivity contribution in [3.63, 3.8) is 0 Å². The number of hydrogen-bond donors (Lipinski definition) is 1. The molecule has 0 saturated heterocycles. The van der Waals surface area contributed by atoms with E-state index in [1.807, 2.05) is 43.3 Å². The lowest BCUT2D eigenvalue weighted by molar-refractivity contribution is 0.595. The summed E-state index contributed by atoms with van der Waals surface area (Å²) < 4.78 is 27.5. The minimum atomic E-state index is -1.30. The van der Waals surface area contributed by atoms with Crippen LogP contribution in [0.3, 0.4) is 0 Å². The van der Waals surface area contributed by atoms with Crippen LogP contribution in [-0.4, -0.2) is 40.5 Å². The van der Waals surface area contributed by atoms with Gasteiger partial charge in [0.15, 0.2) is 10.7 Å². The first kappa shape index (κ1) is 22.6. The van der Waals surface area contributed by atoms with Crippen molar-refractivity contribution in [3.05, 3.63) is 90.9 Å². The Morgan fingerprint density at radius 3 is 2.51 bits per heavy atom. The molecule has 0 bridgehead atoms. The minimum Gasteiger partial charge on any atom is -0.612 e. The fourth-order valence-electron chi connectivity index (χ4n) is 3.40. The Bertz CT molecular complexity index is 1470. The van der Waals surface area contributed by atoms with Crippen LogP contribution in [0.15, 0.2) is 84.3 Å². The molecule has 0 radical (unpaired) electrons. The van der Waals surface area contributed by atoms with Crippen molar-refractivity contribution in [1.29, 1.82) is 0 Å². The van der Waals surface area contributed by atoms with Crippen LogP contribution in [-0.2, 0) is 11.2 Å². The largest absolute Gasteiger partial charge is 0.612 e. The van der Waals surface area contributed by atoms with Crippen molar-refractivity contribution < 1.29 is 8.94 Å². The molecule has 1 atom stereocenters. The third-order valence-corrected chi connectivity index (χ3v) is 6.10. The number of nitrogens with zero attached hydrogens (tertiary/aromatic N) is 6. The number of hydrogen-bond acceptors (Lipinski definition) is 7. The highest BCUT2D eigenvalue weighted by atomic mass is 32.2. The summed E-state index contributed by atoms with van der Waals surface area (Å²) in [5.74, 6) is 0.484. The monoisotopic (exact) mass is 485 g/mol. The zero-order valence-electron chi connectivity index (χ0n) is 18.9. The lowest BCUT2D eigenvalue weighted by Gasteiger charge is -2.09. The first-order valence-electron chi connectivity index (χ1n) is 10.6. The first-order valence-corrected chi connectivity index (χ1v) is 12.2. The van der Waals surface area contributed by atoms with Crippen molar-refractivity contribution in [3.8, 4) is 28.3 Å². The van der Waals surface area contributed by atoms with Gasteiger partial charge in [-0.3, -0.25) is 4.98 Å². The van der Waals surface area contributed by atoms with Gasteiger partial charge < -0.3 is 9.87 Å². The molecule has 35 heavy (non-hydrogen) atoms. The molecule has 0 aliphatic heterocycles. The molecule has 0 spiro atoms. The van der Waals surface area contributed by atoms with E-state index in [1.54, 1.807) is 35.5 Å². The van der Waals surface area contributed by atoms with Crippen LogP contribution in [0.2, 0.25) is 0 Å². The normalized spacial score (nSPS) is 11.9. The van der Waals surface area contributed by atoms with Crippen LogP contribution in [0.25, 0.3) is 28.3 Å². The molecule has 0 fully saturated rings. The van der Waals surface area contributed by atoms with Gasteiger partial charge in [-0.05, 0) is 66.6 Å². The highest BCUT2D eigenvalue weighted by Crippen LogP contribution is 2.24. The summed E-state index contributed by atoms with van der Waals surface area (Å²) in [7, 11) is 0. The number of aryl methyl sites for hydroxylation is 1. The molecule has 2 aromatic carbocycles. The molecule has 5 aromatic rings. The van der Waals surface area contributed by atoms with E-state index in [4.69, 9.17) is 0 Å². The van der Waals surface area contributed by atoms with Gasteiger partial charge in [0.1, 0.15) is 18.4 Å². The number of halogens is 1. The zero-order valence-corrected chi connectivity index (χ0v) is 19.7. The Morgan fingerprint density at radius 2 is 1.77 bits per heavy atom. The summed E-state index contributed by atoms with van der Waals surface area (Å²) in [6.07, 6.45) is 6.50. The maximum atomic E-state index is 14.0. The number of nitrogens with one attached hydrogen (secondary N) is 1. The maximum Gasteiger partial charge on any atom is 0.227 e. The second-order valence-corrected chi connectivity index (χ2v) is 9.15. The van der Waals surface area contributed by atoms with E-state index in [0.717, 1.165) is 22.6 Å². The second kappa shape index (κ2) is 9.61. The molecule has 0 aliphatic rings. The number of pyridine rings is 1.